The minimum absolute atomic E-state index is 0.166. The molecule has 0 radical (unpaired) electrons. The molecule has 0 aliphatic heterocycles. The van der Waals surface area contributed by atoms with E-state index in [1.165, 1.54) is 0 Å². The Hall–Kier alpha value is -1.10. The van der Waals surface area contributed by atoms with E-state index in [1.807, 2.05) is 13.0 Å². The Kier molecular flexibility index (Phi) is 1.54. The third-order valence-electron chi connectivity index (χ3n) is 1.73. The van der Waals surface area contributed by atoms with Crippen molar-refractivity contribution in [3.05, 3.63) is 32.9 Å². The van der Waals surface area contributed by atoms with Crippen molar-refractivity contribution in [3.8, 4) is 0 Å². The van der Waals surface area contributed by atoms with E-state index < -0.39 is 0 Å². The normalized spacial score (nSPS) is 10.8. The van der Waals surface area contributed by atoms with Gasteiger partial charge in [-0.1, -0.05) is 0 Å². The van der Waals surface area contributed by atoms with Crippen LogP contribution in [-0.4, -0.2) is 14.6 Å². The molecule has 0 aliphatic rings. The average Bonchev–Trinajstić information content (AvgIpc) is 2.29. The Bertz CT molecular complexity index is 485. The molecule has 0 atom stereocenters. The van der Waals surface area contributed by atoms with Gasteiger partial charge in [0.25, 0.3) is 5.56 Å². The predicted molar refractivity (Wildman–Crippen MR) is 48.2 cm³/mol. The zero-order valence-electron chi connectivity index (χ0n) is 6.34. The van der Waals surface area contributed by atoms with Crippen LogP contribution in [0.15, 0.2) is 21.8 Å². The fraction of sp³-hybridized carbons (Fsp3) is 0.143. The number of aromatic amines is 1. The summed E-state index contributed by atoms with van der Waals surface area (Å²) in [5.41, 5.74) is 1.41. The average molecular weight is 228 g/mol. The van der Waals surface area contributed by atoms with Gasteiger partial charge in [0.05, 0.1) is 4.60 Å². The first-order valence-electron chi connectivity index (χ1n) is 3.41. The maximum atomic E-state index is 11.3. The number of H-pyrrole nitrogens is 1. The van der Waals surface area contributed by atoms with E-state index in [1.54, 1.807) is 10.7 Å². The maximum Gasteiger partial charge on any atom is 0.288 e. The van der Waals surface area contributed by atoms with Crippen LogP contribution in [0.5, 0.6) is 0 Å². The van der Waals surface area contributed by atoms with Crippen molar-refractivity contribution in [2.24, 2.45) is 0 Å². The summed E-state index contributed by atoms with van der Waals surface area (Å²) in [6.45, 7) is 1.88. The smallest absolute Gasteiger partial charge is 0.288 e. The van der Waals surface area contributed by atoms with Gasteiger partial charge in [-0.3, -0.25) is 9.20 Å². The largest absolute Gasteiger partial charge is 0.288 e. The number of hydrogen-bond donors (Lipinski definition) is 1. The third kappa shape index (κ3) is 0.896. The van der Waals surface area contributed by atoms with Crippen LogP contribution in [0.2, 0.25) is 0 Å². The molecule has 0 spiro atoms. The molecule has 2 rings (SSSR count). The number of hydrogen-bond acceptors (Lipinski definition) is 2. The SMILES string of the molecule is Cc1cc(Br)n2cn[nH]c(=O)c12. The molecule has 1 N–H and O–H groups in total. The van der Waals surface area contributed by atoms with Crippen molar-refractivity contribution >= 4 is 21.4 Å². The molecule has 0 aromatic carbocycles. The summed E-state index contributed by atoms with van der Waals surface area (Å²) in [7, 11) is 0. The van der Waals surface area contributed by atoms with Gasteiger partial charge in [0.2, 0.25) is 0 Å². The summed E-state index contributed by atoms with van der Waals surface area (Å²) in [5.74, 6) is 0. The highest BCUT2D eigenvalue weighted by atomic mass is 79.9. The molecular weight excluding hydrogens is 222 g/mol. The fourth-order valence-electron chi connectivity index (χ4n) is 1.21. The number of fused-ring (bicyclic) bond motifs is 1. The van der Waals surface area contributed by atoms with Crippen molar-refractivity contribution in [3.63, 3.8) is 0 Å². The molecule has 5 heteroatoms. The van der Waals surface area contributed by atoms with Crippen LogP contribution >= 0.6 is 15.9 Å². The van der Waals surface area contributed by atoms with Crippen molar-refractivity contribution in [2.45, 2.75) is 6.92 Å². The highest BCUT2D eigenvalue weighted by Crippen LogP contribution is 2.16. The molecule has 2 aromatic rings. The van der Waals surface area contributed by atoms with Gasteiger partial charge < -0.3 is 0 Å². The molecule has 4 nitrogen and oxygen atoms in total. The van der Waals surface area contributed by atoms with Crippen LogP contribution in [0.1, 0.15) is 5.56 Å². The van der Waals surface area contributed by atoms with Crippen LogP contribution in [0.3, 0.4) is 0 Å². The first-order valence-corrected chi connectivity index (χ1v) is 4.20. The summed E-state index contributed by atoms with van der Waals surface area (Å²) in [6, 6.07) is 1.88. The van der Waals surface area contributed by atoms with Crippen LogP contribution in [0, 0.1) is 6.92 Å². The van der Waals surface area contributed by atoms with Crippen LogP contribution < -0.4 is 5.56 Å². The second-order valence-electron chi connectivity index (χ2n) is 2.55. The minimum Gasteiger partial charge on any atom is -0.288 e. The van der Waals surface area contributed by atoms with Gasteiger partial charge >= 0.3 is 0 Å². The molecule has 62 valence electrons. The Labute approximate surface area is 76.4 Å². The Morgan fingerprint density at radius 1 is 1.67 bits per heavy atom. The number of aryl methyl sites for hydroxylation is 1. The first kappa shape index (κ1) is 7.54. The van der Waals surface area contributed by atoms with E-state index in [4.69, 9.17) is 0 Å². The fourth-order valence-corrected chi connectivity index (χ4v) is 1.83. The lowest BCUT2D eigenvalue weighted by Gasteiger charge is -1.92. The van der Waals surface area contributed by atoms with Crippen molar-refractivity contribution < 1.29 is 0 Å². The molecule has 2 aromatic heterocycles. The predicted octanol–water partition coefficient (Wildman–Crippen LogP) is 1.09. The molecule has 0 unspecified atom stereocenters. The molecule has 12 heavy (non-hydrogen) atoms. The first-order chi connectivity index (χ1) is 5.70. The maximum absolute atomic E-state index is 11.3. The highest BCUT2D eigenvalue weighted by Gasteiger charge is 2.05. The molecule has 0 bridgehead atoms. The quantitative estimate of drug-likeness (QED) is 0.733. The van der Waals surface area contributed by atoms with Gasteiger partial charge in [-0.15, -0.1) is 0 Å². The van der Waals surface area contributed by atoms with Crippen molar-refractivity contribution in [1.29, 1.82) is 0 Å². The van der Waals surface area contributed by atoms with Crippen molar-refractivity contribution in [2.75, 3.05) is 0 Å². The lowest BCUT2D eigenvalue weighted by atomic mass is 10.3. The lowest BCUT2D eigenvalue weighted by Crippen LogP contribution is -2.11. The molecule has 0 amide bonds. The van der Waals surface area contributed by atoms with Gasteiger partial charge in [0.1, 0.15) is 11.8 Å². The molecule has 0 saturated carbocycles. The van der Waals surface area contributed by atoms with Crippen molar-refractivity contribution in [1.82, 2.24) is 14.6 Å². The summed E-state index contributed by atoms with van der Waals surface area (Å²) in [5, 5.41) is 6.06. The molecule has 0 saturated heterocycles. The highest BCUT2D eigenvalue weighted by molar-refractivity contribution is 9.10. The monoisotopic (exact) mass is 227 g/mol. The number of rotatable bonds is 0. The molecule has 2 heterocycles. The van der Waals surface area contributed by atoms with E-state index in [0.29, 0.717) is 5.52 Å². The van der Waals surface area contributed by atoms with Gasteiger partial charge in [-0.25, -0.2) is 5.10 Å². The molecule has 0 aliphatic carbocycles. The second kappa shape index (κ2) is 2.45. The topological polar surface area (TPSA) is 50.2 Å². The van der Waals surface area contributed by atoms with Crippen LogP contribution in [0.25, 0.3) is 5.52 Å². The van der Waals surface area contributed by atoms with E-state index in [9.17, 15) is 4.79 Å². The number of aromatic nitrogens is 3. The third-order valence-corrected chi connectivity index (χ3v) is 2.35. The minimum atomic E-state index is -0.166. The van der Waals surface area contributed by atoms with Gasteiger partial charge in [-0.05, 0) is 34.5 Å². The number of nitrogens with zero attached hydrogens (tertiary/aromatic N) is 2. The molecule has 0 fully saturated rings. The van der Waals surface area contributed by atoms with Gasteiger partial charge in [0, 0.05) is 0 Å². The summed E-state index contributed by atoms with van der Waals surface area (Å²) in [4.78, 5) is 11.3. The Morgan fingerprint density at radius 2 is 2.42 bits per heavy atom. The Balaban J connectivity index is 3.09. The Morgan fingerprint density at radius 3 is 3.08 bits per heavy atom. The van der Waals surface area contributed by atoms with E-state index in [-0.39, 0.29) is 5.56 Å². The number of nitrogens with one attached hydrogen (secondary N) is 1. The van der Waals surface area contributed by atoms with Gasteiger partial charge in [-0.2, -0.15) is 5.10 Å². The zero-order chi connectivity index (χ0) is 8.72. The van der Waals surface area contributed by atoms with E-state index in [2.05, 4.69) is 26.1 Å². The second-order valence-corrected chi connectivity index (χ2v) is 3.37. The summed E-state index contributed by atoms with van der Waals surface area (Å²) < 4.78 is 2.54. The van der Waals surface area contributed by atoms with E-state index in [0.717, 1.165) is 10.2 Å². The lowest BCUT2D eigenvalue weighted by molar-refractivity contribution is 0.910. The number of halogens is 1. The standard InChI is InChI=1S/C7H6BrN3O/c1-4-2-5(8)11-3-9-10-7(12)6(4)11/h2-3H,1H3,(H,10,12). The summed E-state index contributed by atoms with van der Waals surface area (Å²) >= 11 is 3.32. The van der Waals surface area contributed by atoms with Gasteiger partial charge in [0.15, 0.2) is 0 Å². The summed E-state index contributed by atoms with van der Waals surface area (Å²) in [6.07, 6.45) is 1.56. The zero-order valence-corrected chi connectivity index (χ0v) is 7.92. The van der Waals surface area contributed by atoms with Crippen LogP contribution in [0.4, 0.5) is 0 Å². The molecular formula is C7H6BrN3O. The van der Waals surface area contributed by atoms with E-state index >= 15 is 0 Å². The van der Waals surface area contributed by atoms with Crippen LogP contribution in [-0.2, 0) is 0 Å².